The molecule has 1 aromatic heterocycles. The monoisotopic (exact) mass is 333 g/mol. The average molecular weight is 334 g/mol. The normalized spacial score (nSPS) is 13.9. The minimum absolute atomic E-state index is 0.296. The summed E-state index contributed by atoms with van der Waals surface area (Å²) in [7, 11) is 0. The highest BCUT2D eigenvalue weighted by molar-refractivity contribution is 7.98. The van der Waals surface area contributed by atoms with Gasteiger partial charge in [-0.3, -0.25) is 0 Å². The van der Waals surface area contributed by atoms with Crippen molar-refractivity contribution in [2.24, 2.45) is 0 Å². The Kier molecular flexibility index (Phi) is 3.70. The largest absolute Gasteiger partial charge is 0.467 e. The van der Waals surface area contributed by atoms with Gasteiger partial charge in [0.15, 0.2) is 17.8 Å². The summed E-state index contributed by atoms with van der Waals surface area (Å²) in [6.07, 6.45) is 0. The standard InChI is InChI=1S/C16H13ClN2O2S/c17-12-5-10-7-20-9-21-15(10)11(6-12)8-22-16-18-13-3-1-2-4-14(13)19-16/h1-6H,7-9H2,(H,18,19)/p+1. The number of hydrogen-bond acceptors (Lipinski definition) is 3. The molecule has 4 rings (SSSR count). The second kappa shape index (κ2) is 5.83. The van der Waals surface area contributed by atoms with Crippen LogP contribution >= 0.6 is 23.4 Å². The fourth-order valence-electron chi connectivity index (χ4n) is 2.56. The molecule has 0 amide bonds. The maximum absolute atomic E-state index is 6.19. The predicted octanol–water partition coefficient (Wildman–Crippen LogP) is 3.79. The van der Waals surface area contributed by atoms with E-state index in [-0.39, 0.29) is 0 Å². The Morgan fingerprint density at radius 1 is 1.27 bits per heavy atom. The van der Waals surface area contributed by atoms with Crippen LogP contribution in [0.2, 0.25) is 5.02 Å². The topological polar surface area (TPSA) is 48.4 Å². The highest BCUT2D eigenvalue weighted by atomic mass is 35.5. The van der Waals surface area contributed by atoms with Crippen molar-refractivity contribution in [3.05, 3.63) is 52.5 Å². The summed E-state index contributed by atoms with van der Waals surface area (Å²) < 4.78 is 11.0. The number of benzene rings is 2. The molecule has 0 bridgehead atoms. The van der Waals surface area contributed by atoms with E-state index in [9.17, 15) is 0 Å². The van der Waals surface area contributed by atoms with Crippen LogP contribution in [0.5, 0.6) is 5.75 Å². The third-order valence-corrected chi connectivity index (χ3v) is 4.71. The number of nitrogens with one attached hydrogen (secondary N) is 2. The minimum atomic E-state index is 0.296. The summed E-state index contributed by atoms with van der Waals surface area (Å²) >= 11 is 7.88. The maximum atomic E-state index is 6.19. The lowest BCUT2D eigenvalue weighted by Gasteiger charge is -2.20. The quantitative estimate of drug-likeness (QED) is 0.742. The molecule has 0 fully saturated rings. The van der Waals surface area contributed by atoms with Gasteiger partial charge in [0.05, 0.1) is 6.61 Å². The van der Waals surface area contributed by atoms with Crippen LogP contribution in [0.25, 0.3) is 11.0 Å². The highest BCUT2D eigenvalue weighted by Crippen LogP contribution is 2.34. The number of rotatable bonds is 3. The number of aromatic nitrogens is 2. The molecule has 4 nitrogen and oxygen atoms in total. The number of fused-ring (bicyclic) bond motifs is 2. The van der Waals surface area contributed by atoms with Crippen molar-refractivity contribution in [3.63, 3.8) is 0 Å². The van der Waals surface area contributed by atoms with Gasteiger partial charge in [0.25, 0.3) is 0 Å². The van der Waals surface area contributed by atoms with Crippen molar-refractivity contribution in [3.8, 4) is 5.75 Å². The van der Waals surface area contributed by atoms with Crippen LogP contribution in [0.3, 0.4) is 0 Å². The van der Waals surface area contributed by atoms with Gasteiger partial charge < -0.3 is 9.47 Å². The summed E-state index contributed by atoms with van der Waals surface area (Å²) in [5, 5.41) is 1.73. The van der Waals surface area contributed by atoms with Crippen LogP contribution < -0.4 is 9.72 Å². The Morgan fingerprint density at radius 3 is 3.09 bits per heavy atom. The fourth-order valence-corrected chi connectivity index (χ4v) is 3.70. The third kappa shape index (κ3) is 2.67. The van der Waals surface area contributed by atoms with Crippen LogP contribution in [0, 0.1) is 0 Å². The number of thioether (sulfide) groups is 1. The fraction of sp³-hybridized carbons (Fsp3) is 0.188. The molecular formula is C16H14ClN2O2S+. The van der Waals surface area contributed by atoms with Crippen molar-refractivity contribution in [1.29, 1.82) is 0 Å². The number of halogens is 1. The number of ether oxygens (including phenoxy) is 2. The molecule has 3 aromatic rings. The van der Waals surface area contributed by atoms with E-state index in [0.717, 1.165) is 38.8 Å². The van der Waals surface area contributed by atoms with Gasteiger partial charge in [-0.15, -0.1) is 0 Å². The Balaban J connectivity index is 1.59. The van der Waals surface area contributed by atoms with Gasteiger partial charge in [-0.2, -0.15) is 0 Å². The summed E-state index contributed by atoms with van der Waals surface area (Å²) in [6.45, 7) is 0.844. The SMILES string of the molecule is Clc1cc2c(c(CSc3[nH]c4ccccc4[nH+]3)c1)OCOC2. The molecule has 6 heteroatoms. The Bertz CT molecular complexity index is 801. The molecule has 0 atom stereocenters. The molecule has 2 aromatic carbocycles. The van der Waals surface area contributed by atoms with Gasteiger partial charge in [0.2, 0.25) is 0 Å². The smallest absolute Gasteiger partial charge is 0.314 e. The van der Waals surface area contributed by atoms with Crippen molar-refractivity contribution >= 4 is 34.4 Å². The molecule has 0 aliphatic carbocycles. The first-order chi connectivity index (χ1) is 10.8. The van der Waals surface area contributed by atoms with E-state index in [0.29, 0.717) is 18.4 Å². The van der Waals surface area contributed by atoms with E-state index in [1.54, 1.807) is 11.8 Å². The van der Waals surface area contributed by atoms with Gasteiger partial charge in [0.1, 0.15) is 5.75 Å². The van der Waals surface area contributed by atoms with Gasteiger partial charge in [-0.25, -0.2) is 9.97 Å². The molecule has 1 aliphatic heterocycles. The zero-order valence-corrected chi connectivity index (χ0v) is 13.3. The first-order valence-electron chi connectivity index (χ1n) is 6.94. The second-order valence-electron chi connectivity index (χ2n) is 5.08. The van der Waals surface area contributed by atoms with E-state index in [1.807, 2.05) is 24.3 Å². The minimum Gasteiger partial charge on any atom is -0.467 e. The van der Waals surface area contributed by atoms with E-state index in [2.05, 4.69) is 22.1 Å². The van der Waals surface area contributed by atoms with Crippen LogP contribution in [-0.4, -0.2) is 11.8 Å². The Labute approximate surface area is 136 Å². The van der Waals surface area contributed by atoms with Crippen molar-refractivity contribution in [2.75, 3.05) is 6.79 Å². The van der Waals surface area contributed by atoms with E-state index < -0.39 is 0 Å². The zero-order valence-electron chi connectivity index (χ0n) is 11.7. The third-order valence-electron chi connectivity index (χ3n) is 3.55. The molecular weight excluding hydrogens is 320 g/mol. The summed E-state index contributed by atoms with van der Waals surface area (Å²) in [5.74, 6) is 1.67. The lowest BCUT2D eigenvalue weighted by atomic mass is 10.1. The maximum Gasteiger partial charge on any atom is 0.314 e. The number of aromatic amines is 2. The van der Waals surface area contributed by atoms with Crippen molar-refractivity contribution in [1.82, 2.24) is 4.98 Å². The first kappa shape index (κ1) is 13.9. The molecule has 0 radical (unpaired) electrons. The summed E-state index contributed by atoms with van der Waals surface area (Å²) in [5.41, 5.74) is 4.29. The lowest BCUT2D eigenvalue weighted by Crippen LogP contribution is -2.13. The Morgan fingerprint density at radius 2 is 2.18 bits per heavy atom. The van der Waals surface area contributed by atoms with Gasteiger partial charge in [0, 0.05) is 21.9 Å². The van der Waals surface area contributed by atoms with E-state index >= 15 is 0 Å². The highest BCUT2D eigenvalue weighted by Gasteiger charge is 2.18. The number of para-hydroxylation sites is 2. The van der Waals surface area contributed by atoms with Gasteiger partial charge in [-0.1, -0.05) is 23.7 Å². The van der Waals surface area contributed by atoms with Crippen LogP contribution in [0.15, 0.2) is 41.6 Å². The predicted molar refractivity (Wildman–Crippen MR) is 86.2 cm³/mol. The first-order valence-corrected chi connectivity index (χ1v) is 8.30. The molecule has 22 heavy (non-hydrogen) atoms. The zero-order chi connectivity index (χ0) is 14.9. The second-order valence-corrected chi connectivity index (χ2v) is 6.50. The van der Waals surface area contributed by atoms with E-state index in [1.165, 1.54) is 0 Å². The van der Waals surface area contributed by atoms with E-state index in [4.69, 9.17) is 21.1 Å². The van der Waals surface area contributed by atoms with Crippen LogP contribution in [-0.2, 0) is 17.1 Å². The molecule has 0 saturated heterocycles. The Hall–Kier alpha value is -1.69. The lowest BCUT2D eigenvalue weighted by molar-refractivity contribution is -0.396. The number of H-pyrrole nitrogens is 2. The van der Waals surface area contributed by atoms with Crippen molar-refractivity contribution in [2.45, 2.75) is 17.5 Å². The van der Waals surface area contributed by atoms with Crippen molar-refractivity contribution < 1.29 is 14.5 Å². The molecule has 2 N–H and O–H groups in total. The van der Waals surface area contributed by atoms with Gasteiger partial charge in [-0.05, 0) is 36.0 Å². The van der Waals surface area contributed by atoms with Crippen LogP contribution in [0.4, 0.5) is 0 Å². The van der Waals surface area contributed by atoms with Crippen LogP contribution in [0.1, 0.15) is 11.1 Å². The summed E-state index contributed by atoms with van der Waals surface area (Å²) in [4.78, 5) is 6.74. The number of imidazole rings is 1. The molecule has 2 heterocycles. The van der Waals surface area contributed by atoms with Gasteiger partial charge >= 0.3 is 5.16 Å². The number of hydrogen-bond donors (Lipinski definition) is 1. The average Bonchev–Trinajstić information content (AvgIpc) is 2.95. The molecule has 0 spiro atoms. The molecule has 0 saturated carbocycles. The molecule has 0 unspecified atom stereocenters. The molecule has 112 valence electrons. The summed E-state index contributed by atoms with van der Waals surface area (Å²) in [6, 6.07) is 12.0. The molecule has 1 aliphatic rings.